The summed E-state index contributed by atoms with van der Waals surface area (Å²) in [5, 5.41) is 12.3. The van der Waals surface area contributed by atoms with Gasteiger partial charge >= 0.3 is 0 Å². The van der Waals surface area contributed by atoms with Crippen LogP contribution >= 0.6 is 0 Å². The van der Waals surface area contributed by atoms with E-state index in [4.69, 9.17) is 9.72 Å². The zero-order valence-corrected chi connectivity index (χ0v) is 23.2. The summed E-state index contributed by atoms with van der Waals surface area (Å²) >= 11 is 0. The van der Waals surface area contributed by atoms with Crippen LogP contribution in [0.15, 0.2) is 49.1 Å². The molecule has 2 saturated heterocycles. The predicted molar refractivity (Wildman–Crippen MR) is 155 cm³/mol. The molecule has 6 rings (SSSR count). The number of aromatic hydroxyl groups is 1. The Morgan fingerprint density at radius 3 is 2.79 bits per heavy atom. The molecule has 39 heavy (non-hydrogen) atoms. The maximum absolute atomic E-state index is 12.1. The van der Waals surface area contributed by atoms with Crippen LogP contribution in [0, 0.1) is 12.3 Å². The largest absolute Gasteiger partial charge is 0.508 e. The van der Waals surface area contributed by atoms with Gasteiger partial charge in [0.05, 0.1) is 5.69 Å². The van der Waals surface area contributed by atoms with Gasteiger partial charge in [-0.2, -0.15) is 0 Å². The van der Waals surface area contributed by atoms with Crippen molar-refractivity contribution in [2.75, 3.05) is 44.7 Å². The number of phenolic OH excluding ortho intramolecular Hbond substituents is 1. The summed E-state index contributed by atoms with van der Waals surface area (Å²) < 4.78 is 5.80. The van der Waals surface area contributed by atoms with Crippen LogP contribution in [0.25, 0.3) is 21.9 Å². The summed E-state index contributed by atoms with van der Waals surface area (Å²) in [5.41, 5.74) is 6.25. The molecule has 1 spiro atoms. The zero-order chi connectivity index (χ0) is 27.3. The molecule has 1 aromatic heterocycles. The Hall–Kier alpha value is -3.42. The van der Waals surface area contributed by atoms with E-state index in [9.17, 15) is 9.90 Å². The molecule has 2 fully saturated rings. The molecule has 1 atom stereocenters. The average Bonchev–Trinajstić information content (AvgIpc) is 3.37. The van der Waals surface area contributed by atoms with Crippen LogP contribution in [0.4, 0.5) is 5.82 Å². The maximum Gasteiger partial charge on any atom is 0.245 e. The molecule has 1 unspecified atom stereocenters. The molecule has 3 aliphatic rings. The summed E-state index contributed by atoms with van der Waals surface area (Å²) in [7, 11) is 1.79. The summed E-state index contributed by atoms with van der Waals surface area (Å²) in [6.07, 6.45) is 4.39. The van der Waals surface area contributed by atoms with Gasteiger partial charge in [-0.15, -0.1) is 0 Å². The number of anilines is 1. The zero-order valence-electron chi connectivity index (χ0n) is 23.2. The molecule has 204 valence electrons. The van der Waals surface area contributed by atoms with Crippen molar-refractivity contribution >= 4 is 22.5 Å². The Bertz CT molecular complexity index is 1440. The van der Waals surface area contributed by atoms with E-state index in [1.165, 1.54) is 28.3 Å². The third kappa shape index (κ3) is 4.38. The molecular weight excluding hydrogens is 488 g/mol. The molecule has 1 N–H and O–H groups in total. The number of hydrogen-bond acceptors (Lipinski definition) is 6. The molecular formula is C32H38N4O3. The number of amides is 1. The topological polar surface area (TPSA) is 69.1 Å². The van der Waals surface area contributed by atoms with Gasteiger partial charge < -0.3 is 19.6 Å². The normalized spacial score (nSPS) is 19.3. The number of fused-ring (bicyclic) bond motifs is 2. The molecule has 7 heteroatoms. The van der Waals surface area contributed by atoms with Crippen molar-refractivity contribution in [1.29, 1.82) is 0 Å². The fourth-order valence-corrected chi connectivity index (χ4v) is 7.09. The van der Waals surface area contributed by atoms with E-state index in [-0.39, 0.29) is 23.3 Å². The van der Waals surface area contributed by atoms with E-state index in [0.717, 1.165) is 80.8 Å². The second kappa shape index (κ2) is 9.96. The Kier molecular flexibility index (Phi) is 6.60. The van der Waals surface area contributed by atoms with Crippen LogP contribution in [0.2, 0.25) is 0 Å². The number of hydrogen-bond donors (Lipinski definition) is 1. The number of methoxy groups -OCH3 is 1. The Labute approximate surface area is 230 Å². The lowest BCUT2D eigenvalue weighted by Gasteiger charge is -2.47. The highest BCUT2D eigenvalue weighted by Crippen LogP contribution is 2.45. The number of carbonyl (C=O) groups excluding carboxylic acids is 1. The van der Waals surface area contributed by atoms with Crippen molar-refractivity contribution in [3.63, 3.8) is 0 Å². The number of carbonyl (C=O) groups is 1. The second-order valence-electron chi connectivity index (χ2n) is 11.5. The van der Waals surface area contributed by atoms with Gasteiger partial charge in [0, 0.05) is 51.8 Å². The summed E-state index contributed by atoms with van der Waals surface area (Å²) in [5.74, 6) is 1.36. The summed E-state index contributed by atoms with van der Waals surface area (Å²) in [6.45, 7) is 13.1. The molecule has 3 aliphatic heterocycles. The van der Waals surface area contributed by atoms with Crippen LogP contribution in [-0.4, -0.2) is 71.9 Å². The van der Waals surface area contributed by atoms with E-state index < -0.39 is 0 Å². The number of ether oxygens (including phenoxy) is 1. The monoisotopic (exact) mass is 526 g/mol. The molecule has 0 aliphatic carbocycles. The standard InChI is InChI=1S/C32H38N4O3/c1-5-28(38)36-19-32(20-36)13-15-35(18-32)31-21(3)30(25-9-7-8-22-16-23(37)10-11-24(22)25)26-12-14-34(17-27(26)33-31)29(6-2)39-4/h5,7-11,16,29,37H,1,6,12-15,17-20H2,2-4H3. The SMILES string of the molecule is C=CC(=O)N1CC2(CCN(c3nc4c(c(-c5cccc6cc(O)ccc56)c3C)CCN(C(CC)OC)C4)C2)C1. The van der Waals surface area contributed by atoms with Crippen LogP contribution in [0.3, 0.4) is 0 Å². The van der Waals surface area contributed by atoms with Gasteiger partial charge in [0.2, 0.25) is 5.91 Å². The second-order valence-corrected chi connectivity index (χ2v) is 11.5. The Balaban J connectivity index is 1.44. The van der Waals surface area contributed by atoms with Crippen LogP contribution in [0.5, 0.6) is 5.75 Å². The molecule has 0 bridgehead atoms. The molecule has 0 saturated carbocycles. The highest BCUT2D eigenvalue weighted by Gasteiger charge is 2.49. The Morgan fingerprint density at radius 1 is 1.23 bits per heavy atom. The fourth-order valence-electron chi connectivity index (χ4n) is 7.09. The average molecular weight is 527 g/mol. The first kappa shape index (κ1) is 25.8. The van der Waals surface area contributed by atoms with E-state index >= 15 is 0 Å². The first-order chi connectivity index (χ1) is 18.9. The van der Waals surface area contributed by atoms with Crippen molar-refractivity contribution in [2.45, 2.75) is 45.9 Å². The number of benzene rings is 2. The number of likely N-dealkylation sites (tertiary alicyclic amines) is 1. The van der Waals surface area contributed by atoms with Crippen molar-refractivity contribution in [3.05, 3.63) is 65.9 Å². The minimum absolute atomic E-state index is 0.0233. The minimum atomic E-state index is 0.0233. The molecule has 1 amide bonds. The highest BCUT2D eigenvalue weighted by molar-refractivity contribution is 5.99. The number of pyridine rings is 1. The molecule has 0 radical (unpaired) electrons. The predicted octanol–water partition coefficient (Wildman–Crippen LogP) is 4.88. The van der Waals surface area contributed by atoms with Gasteiger partial charge in [0.25, 0.3) is 0 Å². The van der Waals surface area contributed by atoms with Gasteiger partial charge in [0.15, 0.2) is 0 Å². The van der Waals surface area contributed by atoms with Crippen molar-refractivity contribution in [3.8, 4) is 16.9 Å². The van der Waals surface area contributed by atoms with Gasteiger partial charge in [-0.3, -0.25) is 9.69 Å². The van der Waals surface area contributed by atoms with Crippen molar-refractivity contribution in [2.24, 2.45) is 5.41 Å². The highest BCUT2D eigenvalue weighted by atomic mass is 16.5. The molecule has 3 aromatic rings. The van der Waals surface area contributed by atoms with E-state index in [2.05, 4.69) is 48.4 Å². The quantitative estimate of drug-likeness (QED) is 0.462. The van der Waals surface area contributed by atoms with Crippen molar-refractivity contribution < 1.29 is 14.6 Å². The van der Waals surface area contributed by atoms with Gasteiger partial charge in [-0.1, -0.05) is 37.8 Å². The minimum Gasteiger partial charge on any atom is -0.508 e. The number of rotatable bonds is 6. The van der Waals surface area contributed by atoms with Crippen LogP contribution < -0.4 is 4.90 Å². The summed E-state index contributed by atoms with van der Waals surface area (Å²) in [6, 6.07) is 12.0. The first-order valence-corrected chi connectivity index (χ1v) is 14.0. The number of phenols is 1. The third-order valence-corrected chi connectivity index (χ3v) is 9.04. The van der Waals surface area contributed by atoms with Crippen molar-refractivity contribution in [1.82, 2.24) is 14.8 Å². The third-order valence-electron chi connectivity index (χ3n) is 9.04. The van der Waals surface area contributed by atoms with E-state index in [1.807, 2.05) is 17.0 Å². The smallest absolute Gasteiger partial charge is 0.245 e. The number of aromatic nitrogens is 1. The molecule has 2 aromatic carbocycles. The molecule has 7 nitrogen and oxygen atoms in total. The van der Waals surface area contributed by atoms with E-state index in [1.54, 1.807) is 13.2 Å². The first-order valence-electron chi connectivity index (χ1n) is 14.0. The lowest BCUT2D eigenvalue weighted by molar-refractivity contribution is -0.136. The van der Waals surface area contributed by atoms with Gasteiger partial charge in [-0.05, 0) is 77.4 Å². The van der Waals surface area contributed by atoms with Crippen LogP contribution in [-0.2, 0) is 22.5 Å². The fraction of sp³-hybridized carbons (Fsp3) is 0.438. The van der Waals surface area contributed by atoms with Gasteiger partial charge in [-0.25, -0.2) is 4.98 Å². The molecule has 4 heterocycles. The Morgan fingerprint density at radius 2 is 2.05 bits per heavy atom. The lowest BCUT2D eigenvalue weighted by atomic mass is 9.79. The lowest BCUT2D eigenvalue weighted by Crippen LogP contribution is -2.59. The maximum atomic E-state index is 12.1. The van der Waals surface area contributed by atoms with E-state index in [0.29, 0.717) is 0 Å². The number of nitrogens with zero attached hydrogens (tertiary/aromatic N) is 4. The van der Waals surface area contributed by atoms with Crippen LogP contribution in [0.1, 0.15) is 36.6 Å². The van der Waals surface area contributed by atoms with Gasteiger partial charge in [0.1, 0.15) is 17.8 Å². The summed E-state index contributed by atoms with van der Waals surface area (Å²) in [4.78, 5) is 24.2.